The van der Waals surface area contributed by atoms with Crippen molar-refractivity contribution in [3.05, 3.63) is 65.0 Å². The van der Waals surface area contributed by atoms with Crippen molar-refractivity contribution in [2.75, 3.05) is 0 Å². The third kappa shape index (κ3) is 1.48. The predicted octanol–water partition coefficient (Wildman–Crippen LogP) is 2.55. The van der Waals surface area contributed by atoms with E-state index < -0.39 is 5.92 Å². The number of Topliss-reactive ketones (excluding diaryl/α,β-unsaturated/α-hetero) is 2. The minimum atomic E-state index is -0.761. The van der Waals surface area contributed by atoms with E-state index in [-0.39, 0.29) is 11.6 Å². The number of ketones is 2. The maximum Gasteiger partial charge on any atom is 0.180 e. The molecular weight excluding hydrogens is 226 g/mol. The molecule has 0 saturated carbocycles. The number of rotatable bonds is 1. The normalized spacial score (nSPS) is 17.9. The van der Waals surface area contributed by atoms with Gasteiger partial charge in [-0.15, -0.1) is 0 Å². The van der Waals surface area contributed by atoms with E-state index in [0.717, 1.165) is 5.56 Å². The minimum absolute atomic E-state index is 0.141. The number of pyridine rings is 1. The lowest BCUT2D eigenvalue weighted by Crippen LogP contribution is -2.14. The Balaban J connectivity index is 2.13. The second-order valence-corrected chi connectivity index (χ2v) is 4.47. The Morgan fingerprint density at radius 1 is 1.00 bits per heavy atom. The van der Waals surface area contributed by atoms with Crippen molar-refractivity contribution in [3.8, 4) is 0 Å². The first-order chi connectivity index (χ1) is 8.68. The summed E-state index contributed by atoms with van der Waals surface area (Å²) in [6, 6.07) is 10.6. The molecule has 1 unspecified atom stereocenters. The Hall–Kier alpha value is -2.29. The summed E-state index contributed by atoms with van der Waals surface area (Å²) in [4.78, 5) is 28.7. The van der Waals surface area contributed by atoms with Crippen molar-refractivity contribution < 1.29 is 9.59 Å². The van der Waals surface area contributed by atoms with Crippen molar-refractivity contribution in [2.24, 2.45) is 0 Å². The summed E-state index contributed by atoms with van der Waals surface area (Å²) in [7, 11) is 0. The molecule has 0 spiro atoms. The maximum absolute atomic E-state index is 12.3. The average Bonchev–Trinajstić information content (AvgIpc) is 2.63. The molecule has 1 aliphatic rings. The number of aromatic nitrogens is 1. The molecule has 88 valence electrons. The van der Waals surface area contributed by atoms with Gasteiger partial charge in [-0.3, -0.25) is 14.6 Å². The van der Waals surface area contributed by atoms with Crippen LogP contribution in [0.25, 0.3) is 0 Å². The van der Waals surface area contributed by atoms with Crippen molar-refractivity contribution in [2.45, 2.75) is 12.8 Å². The van der Waals surface area contributed by atoms with Crippen molar-refractivity contribution in [1.82, 2.24) is 4.98 Å². The Bertz CT molecular complexity index is 647. The summed E-state index contributed by atoms with van der Waals surface area (Å²) >= 11 is 0. The molecule has 0 bridgehead atoms. The summed E-state index contributed by atoms with van der Waals surface area (Å²) in [6.07, 6.45) is 1.60. The molecule has 1 aromatic heterocycles. The van der Waals surface area contributed by atoms with Crippen molar-refractivity contribution >= 4 is 11.6 Å². The molecule has 0 amide bonds. The number of hydrogen-bond donors (Lipinski definition) is 0. The Kier molecular flexibility index (Phi) is 2.33. The first kappa shape index (κ1) is 10.8. The third-order valence-electron chi connectivity index (χ3n) is 3.21. The zero-order chi connectivity index (χ0) is 12.7. The van der Waals surface area contributed by atoms with Crippen LogP contribution in [0.2, 0.25) is 0 Å². The average molecular weight is 237 g/mol. The SMILES string of the molecule is Cc1ccc2c(c1)C(=O)C(c1ccccn1)C2=O. The molecule has 1 aromatic carbocycles. The molecule has 0 N–H and O–H groups in total. The molecule has 1 heterocycles. The summed E-state index contributed by atoms with van der Waals surface area (Å²) in [5, 5.41) is 0. The number of nitrogens with zero attached hydrogens (tertiary/aromatic N) is 1. The molecule has 18 heavy (non-hydrogen) atoms. The highest BCUT2D eigenvalue weighted by atomic mass is 16.2. The highest BCUT2D eigenvalue weighted by Gasteiger charge is 2.40. The van der Waals surface area contributed by atoms with E-state index in [1.807, 2.05) is 13.0 Å². The van der Waals surface area contributed by atoms with E-state index in [1.165, 1.54) is 0 Å². The van der Waals surface area contributed by atoms with E-state index in [0.29, 0.717) is 16.8 Å². The molecule has 0 fully saturated rings. The fraction of sp³-hybridized carbons (Fsp3) is 0.133. The van der Waals surface area contributed by atoms with Gasteiger partial charge in [0, 0.05) is 17.3 Å². The Morgan fingerprint density at radius 3 is 2.50 bits per heavy atom. The highest BCUT2D eigenvalue weighted by molar-refractivity contribution is 6.29. The first-order valence-corrected chi connectivity index (χ1v) is 5.78. The monoisotopic (exact) mass is 237 g/mol. The van der Waals surface area contributed by atoms with Crippen LogP contribution in [0, 0.1) is 6.92 Å². The molecule has 1 atom stereocenters. The van der Waals surface area contributed by atoms with Gasteiger partial charge in [0.2, 0.25) is 0 Å². The standard InChI is InChI=1S/C15H11NO2/c1-9-5-6-10-11(8-9)15(18)13(14(10)17)12-4-2-3-7-16-12/h2-8,13H,1H3. The van der Waals surface area contributed by atoms with Crippen LogP contribution in [0.1, 0.15) is 37.9 Å². The minimum Gasteiger partial charge on any atom is -0.293 e. The number of benzene rings is 1. The summed E-state index contributed by atoms with van der Waals surface area (Å²) in [5.41, 5.74) is 2.55. The van der Waals surface area contributed by atoms with Gasteiger partial charge >= 0.3 is 0 Å². The first-order valence-electron chi connectivity index (χ1n) is 5.78. The number of aryl methyl sites for hydroxylation is 1. The van der Waals surface area contributed by atoms with Crippen LogP contribution in [0.5, 0.6) is 0 Å². The zero-order valence-electron chi connectivity index (χ0n) is 9.88. The molecule has 3 nitrogen and oxygen atoms in total. The largest absolute Gasteiger partial charge is 0.293 e. The Morgan fingerprint density at radius 2 is 1.78 bits per heavy atom. The van der Waals surface area contributed by atoms with Crippen molar-refractivity contribution in [3.63, 3.8) is 0 Å². The van der Waals surface area contributed by atoms with Crippen LogP contribution in [-0.2, 0) is 0 Å². The van der Waals surface area contributed by atoms with Gasteiger partial charge in [-0.2, -0.15) is 0 Å². The van der Waals surface area contributed by atoms with Gasteiger partial charge in [0.15, 0.2) is 11.6 Å². The lowest BCUT2D eigenvalue weighted by molar-refractivity contribution is 0.0888. The van der Waals surface area contributed by atoms with Crippen molar-refractivity contribution in [1.29, 1.82) is 0 Å². The number of hydrogen-bond acceptors (Lipinski definition) is 3. The smallest absolute Gasteiger partial charge is 0.180 e. The summed E-state index contributed by atoms with van der Waals surface area (Å²) in [5.74, 6) is -1.05. The summed E-state index contributed by atoms with van der Waals surface area (Å²) in [6.45, 7) is 1.91. The Labute approximate surface area is 104 Å². The van der Waals surface area contributed by atoms with Crippen LogP contribution >= 0.6 is 0 Å². The van der Waals surface area contributed by atoms with E-state index >= 15 is 0 Å². The molecule has 2 aromatic rings. The van der Waals surface area contributed by atoms with Gasteiger partial charge in [-0.1, -0.05) is 23.8 Å². The summed E-state index contributed by atoms with van der Waals surface area (Å²) < 4.78 is 0. The van der Waals surface area contributed by atoms with Crippen LogP contribution in [0.4, 0.5) is 0 Å². The van der Waals surface area contributed by atoms with Gasteiger partial charge in [-0.25, -0.2) is 0 Å². The number of carbonyl (C=O) groups is 2. The van der Waals surface area contributed by atoms with Crippen LogP contribution in [0.3, 0.4) is 0 Å². The molecule has 3 heteroatoms. The topological polar surface area (TPSA) is 47.0 Å². The van der Waals surface area contributed by atoms with Gasteiger partial charge in [0.05, 0.1) is 5.69 Å². The zero-order valence-corrected chi connectivity index (χ0v) is 9.88. The quantitative estimate of drug-likeness (QED) is 0.716. The van der Waals surface area contributed by atoms with Crippen LogP contribution in [-0.4, -0.2) is 16.6 Å². The van der Waals surface area contributed by atoms with E-state index in [9.17, 15) is 9.59 Å². The van der Waals surface area contributed by atoms with E-state index in [4.69, 9.17) is 0 Å². The molecule has 1 aliphatic carbocycles. The second kappa shape index (κ2) is 3.88. The third-order valence-corrected chi connectivity index (χ3v) is 3.21. The fourth-order valence-electron chi connectivity index (χ4n) is 2.32. The maximum atomic E-state index is 12.3. The van der Waals surface area contributed by atoms with Gasteiger partial charge in [0.1, 0.15) is 5.92 Å². The molecule has 3 rings (SSSR count). The molecular formula is C15H11NO2. The van der Waals surface area contributed by atoms with Gasteiger partial charge in [0.25, 0.3) is 0 Å². The second-order valence-electron chi connectivity index (χ2n) is 4.47. The molecule has 0 aliphatic heterocycles. The van der Waals surface area contributed by atoms with E-state index in [2.05, 4.69) is 4.98 Å². The highest BCUT2D eigenvalue weighted by Crippen LogP contribution is 2.33. The number of carbonyl (C=O) groups excluding carboxylic acids is 2. The van der Waals surface area contributed by atoms with Gasteiger partial charge in [-0.05, 0) is 25.1 Å². The molecule has 0 radical (unpaired) electrons. The van der Waals surface area contributed by atoms with Gasteiger partial charge < -0.3 is 0 Å². The predicted molar refractivity (Wildman–Crippen MR) is 66.8 cm³/mol. The fourth-order valence-corrected chi connectivity index (χ4v) is 2.32. The van der Waals surface area contributed by atoms with Crippen LogP contribution in [0.15, 0.2) is 42.6 Å². The lowest BCUT2D eigenvalue weighted by atomic mass is 9.99. The van der Waals surface area contributed by atoms with Crippen LogP contribution < -0.4 is 0 Å². The molecule has 0 saturated heterocycles. The number of fused-ring (bicyclic) bond motifs is 1. The van der Waals surface area contributed by atoms with E-state index in [1.54, 1.807) is 36.5 Å². The lowest BCUT2D eigenvalue weighted by Gasteiger charge is -2.04.